The quantitative estimate of drug-likeness (QED) is 0.251. The van der Waals surface area contributed by atoms with E-state index in [9.17, 15) is 5.11 Å². The van der Waals surface area contributed by atoms with Gasteiger partial charge >= 0.3 is 5.90 Å². The molecule has 1 aromatic carbocycles. The zero-order valence-electron chi connectivity index (χ0n) is 8.01. The number of hydrogen-bond acceptors (Lipinski definition) is 1. The molecule has 4 heteroatoms. The first-order chi connectivity index (χ1) is 6.69. The number of aliphatic hydroxyl groups excluding tert-OH is 1. The summed E-state index contributed by atoms with van der Waals surface area (Å²) in [5.74, 6) is -0.530. The topological polar surface area (TPSA) is 82.6 Å². The minimum absolute atomic E-state index is 0.263. The first-order valence-corrected chi connectivity index (χ1v) is 4.45. The van der Waals surface area contributed by atoms with Gasteiger partial charge in [0.05, 0.1) is 0 Å². The van der Waals surface area contributed by atoms with Crippen molar-refractivity contribution < 1.29 is 9.90 Å². The Balaban J connectivity index is 3.01. The van der Waals surface area contributed by atoms with Crippen LogP contribution < -0.4 is 5.73 Å². The molecular formula is C10H13N3O. The van der Waals surface area contributed by atoms with E-state index < -0.39 is 0 Å². The smallest absolute Gasteiger partial charge is 0.451 e. The monoisotopic (exact) mass is 191 g/mol. The molecule has 0 saturated heterocycles. The van der Waals surface area contributed by atoms with Gasteiger partial charge in [-0.1, -0.05) is 19.1 Å². The van der Waals surface area contributed by atoms with Crippen molar-refractivity contribution in [2.24, 2.45) is 0 Å². The molecule has 1 aromatic rings. The first kappa shape index (κ1) is 10.3. The molecular weight excluding hydrogens is 178 g/mol. The van der Waals surface area contributed by atoms with Gasteiger partial charge in [-0.15, -0.1) is 4.79 Å². The zero-order valence-corrected chi connectivity index (χ0v) is 8.01. The fraction of sp³-hybridized carbons (Fsp3) is 0.300. The number of rotatable bonds is 3. The summed E-state index contributed by atoms with van der Waals surface area (Å²) in [5.41, 5.74) is 15.6. The van der Waals surface area contributed by atoms with Gasteiger partial charge in [0.2, 0.25) is 0 Å². The molecule has 1 atom stereocenters. The van der Waals surface area contributed by atoms with E-state index in [-0.39, 0.29) is 11.8 Å². The van der Waals surface area contributed by atoms with E-state index >= 15 is 0 Å². The van der Waals surface area contributed by atoms with Crippen molar-refractivity contribution in [2.75, 3.05) is 5.73 Å². The normalized spacial score (nSPS) is 11.8. The minimum atomic E-state index is -0.266. The van der Waals surface area contributed by atoms with Gasteiger partial charge in [-0.2, -0.15) is 0 Å². The number of aliphatic hydroxyl groups is 1. The molecule has 0 saturated carbocycles. The Kier molecular flexibility index (Phi) is 3.26. The molecule has 0 aliphatic rings. The maximum absolute atomic E-state index is 9.31. The van der Waals surface area contributed by atoms with Crippen molar-refractivity contribution in [1.29, 1.82) is 0 Å². The molecule has 1 unspecified atom stereocenters. The van der Waals surface area contributed by atoms with Crippen LogP contribution in [-0.2, 0) is 0 Å². The van der Waals surface area contributed by atoms with E-state index in [2.05, 4.69) is 4.79 Å². The van der Waals surface area contributed by atoms with Crippen molar-refractivity contribution >= 4 is 11.6 Å². The molecule has 0 bridgehead atoms. The third-order valence-corrected chi connectivity index (χ3v) is 2.16. The summed E-state index contributed by atoms with van der Waals surface area (Å²) in [6.07, 6.45) is 0.666. The van der Waals surface area contributed by atoms with Crippen molar-refractivity contribution in [3.63, 3.8) is 0 Å². The summed E-state index contributed by atoms with van der Waals surface area (Å²) >= 11 is 0. The van der Waals surface area contributed by atoms with Crippen LogP contribution in [-0.4, -0.2) is 15.8 Å². The van der Waals surface area contributed by atoms with Gasteiger partial charge in [0, 0.05) is 5.69 Å². The van der Waals surface area contributed by atoms with Crippen LogP contribution >= 0.6 is 0 Å². The van der Waals surface area contributed by atoms with Gasteiger partial charge in [-0.05, 0) is 24.1 Å². The predicted molar refractivity (Wildman–Crippen MR) is 55.1 cm³/mol. The van der Waals surface area contributed by atoms with Gasteiger partial charge in [0.1, 0.15) is 5.92 Å². The standard InChI is InChI=1S/C10H13N3O/c1-2-9(10(14)13-12)7-3-5-8(11)6-4-7/h3-6,9,14H,2,11H2,1H3. The Labute approximate surface area is 82.6 Å². The molecule has 0 amide bonds. The van der Waals surface area contributed by atoms with Crippen LogP contribution in [0.1, 0.15) is 24.8 Å². The average Bonchev–Trinajstić information content (AvgIpc) is 2.21. The van der Waals surface area contributed by atoms with Crippen LogP contribution in [0, 0.1) is 0 Å². The molecule has 3 N–H and O–H groups in total. The molecule has 74 valence electrons. The van der Waals surface area contributed by atoms with Gasteiger partial charge in [-0.25, -0.2) is 0 Å². The van der Waals surface area contributed by atoms with E-state index in [1.807, 2.05) is 19.1 Å². The minimum Gasteiger partial charge on any atom is -0.451 e. The molecule has 4 nitrogen and oxygen atoms in total. The highest BCUT2D eigenvalue weighted by molar-refractivity contribution is 5.76. The molecule has 0 spiro atoms. The van der Waals surface area contributed by atoms with Crippen molar-refractivity contribution in [3.05, 3.63) is 35.4 Å². The lowest BCUT2D eigenvalue weighted by Gasteiger charge is -2.06. The van der Waals surface area contributed by atoms with Crippen LogP contribution in [0.25, 0.3) is 5.53 Å². The Morgan fingerprint density at radius 1 is 1.50 bits per heavy atom. The maximum atomic E-state index is 9.31. The van der Waals surface area contributed by atoms with Crippen LogP contribution in [0.15, 0.2) is 24.3 Å². The van der Waals surface area contributed by atoms with Crippen LogP contribution in [0.4, 0.5) is 5.69 Å². The number of nitrogens with zero attached hydrogens (tertiary/aromatic N) is 2. The molecule has 0 aliphatic heterocycles. The van der Waals surface area contributed by atoms with E-state index in [0.29, 0.717) is 12.1 Å². The predicted octanol–water partition coefficient (Wildman–Crippen LogP) is 1.95. The number of nitrogen functional groups attached to an aromatic ring is 1. The Hall–Kier alpha value is -1.80. The molecule has 0 radical (unpaired) electrons. The summed E-state index contributed by atoms with van der Waals surface area (Å²) < 4.78 is 0. The SMILES string of the molecule is CCC(C(O)=[N+]=[N-])c1ccc(N)cc1. The van der Waals surface area contributed by atoms with Gasteiger partial charge < -0.3 is 16.4 Å². The number of nitrogens with two attached hydrogens (primary N) is 1. The van der Waals surface area contributed by atoms with Crippen LogP contribution in [0.5, 0.6) is 0 Å². The van der Waals surface area contributed by atoms with Crippen LogP contribution in [0.3, 0.4) is 0 Å². The van der Waals surface area contributed by atoms with Crippen molar-refractivity contribution in [1.82, 2.24) is 0 Å². The Morgan fingerprint density at radius 3 is 2.50 bits per heavy atom. The summed E-state index contributed by atoms with van der Waals surface area (Å²) in [5, 5.41) is 9.31. The lowest BCUT2D eigenvalue weighted by atomic mass is 9.96. The summed E-state index contributed by atoms with van der Waals surface area (Å²) in [6, 6.07) is 7.13. The van der Waals surface area contributed by atoms with E-state index in [0.717, 1.165) is 5.56 Å². The van der Waals surface area contributed by atoms with E-state index in [1.165, 1.54) is 0 Å². The second kappa shape index (κ2) is 4.44. The molecule has 0 fully saturated rings. The summed E-state index contributed by atoms with van der Waals surface area (Å²) in [7, 11) is 0. The largest absolute Gasteiger partial charge is 0.454 e. The zero-order chi connectivity index (χ0) is 10.6. The number of hydrogen-bond donors (Lipinski definition) is 2. The molecule has 1 rings (SSSR count). The van der Waals surface area contributed by atoms with Crippen molar-refractivity contribution in [2.45, 2.75) is 19.3 Å². The fourth-order valence-corrected chi connectivity index (χ4v) is 1.37. The Bertz CT molecular complexity index is 352. The third-order valence-electron chi connectivity index (χ3n) is 2.16. The summed E-state index contributed by atoms with van der Waals surface area (Å²) in [6.45, 7) is 1.91. The second-order valence-electron chi connectivity index (χ2n) is 3.09. The first-order valence-electron chi connectivity index (χ1n) is 4.45. The number of benzene rings is 1. The highest BCUT2D eigenvalue weighted by atomic mass is 16.3. The fourth-order valence-electron chi connectivity index (χ4n) is 1.37. The van der Waals surface area contributed by atoms with E-state index in [4.69, 9.17) is 11.3 Å². The second-order valence-corrected chi connectivity index (χ2v) is 3.09. The summed E-state index contributed by atoms with van der Waals surface area (Å²) in [4.78, 5) is 2.80. The van der Waals surface area contributed by atoms with Gasteiger partial charge in [0.15, 0.2) is 0 Å². The number of anilines is 1. The molecule has 14 heavy (non-hydrogen) atoms. The average molecular weight is 191 g/mol. The third kappa shape index (κ3) is 2.12. The molecule has 0 heterocycles. The highest BCUT2D eigenvalue weighted by Crippen LogP contribution is 2.20. The maximum Gasteiger partial charge on any atom is 0.454 e. The molecule has 0 aromatic heterocycles. The van der Waals surface area contributed by atoms with Gasteiger partial charge in [-0.3, -0.25) is 0 Å². The Morgan fingerprint density at radius 2 is 2.07 bits per heavy atom. The van der Waals surface area contributed by atoms with Gasteiger partial charge in [0.25, 0.3) is 0 Å². The lowest BCUT2D eigenvalue weighted by molar-refractivity contribution is -0.0362. The van der Waals surface area contributed by atoms with Crippen molar-refractivity contribution in [3.8, 4) is 0 Å². The van der Waals surface area contributed by atoms with Crippen LogP contribution in [0.2, 0.25) is 0 Å². The molecule has 0 aliphatic carbocycles. The highest BCUT2D eigenvalue weighted by Gasteiger charge is 2.22. The lowest BCUT2D eigenvalue weighted by Crippen LogP contribution is -2.12. The van der Waals surface area contributed by atoms with E-state index in [1.54, 1.807) is 12.1 Å².